The van der Waals surface area contributed by atoms with Crippen molar-refractivity contribution in [1.82, 2.24) is 0 Å². The van der Waals surface area contributed by atoms with Crippen LogP contribution in [0.5, 0.6) is 0 Å². The quantitative estimate of drug-likeness (QED) is 0.0990. The molecule has 0 aliphatic heterocycles. The molecule has 0 fully saturated rings. The molecule has 0 amide bonds. The summed E-state index contributed by atoms with van der Waals surface area (Å²) < 4.78 is 15.5. The van der Waals surface area contributed by atoms with Crippen molar-refractivity contribution in [2.75, 3.05) is 19.8 Å². The van der Waals surface area contributed by atoms with Gasteiger partial charge in [0.25, 0.3) is 0 Å². The fraction of sp³-hybridized carbons (Fsp3) is 0.800. The van der Waals surface area contributed by atoms with Crippen molar-refractivity contribution >= 4 is 17.9 Å². The smallest absolute Gasteiger partial charge is 0.309 e. The molecule has 0 rings (SSSR count). The normalized spacial score (nSPS) is 11.3. The molecule has 0 aliphatic carbocycles. The van der Waals surface area contributed by atoms with Crippen LogP contribution in [0, 0.1) is 0 Å². The molecule has 0 bridgehead atoms. The summed E-state index contributed by atoms with van der Waals surface area (Å²) >= 11 is 0. The van der Waals surface area contributed by atoms with Crippen LogP contribution in [0.15, 0.2) is 11.6 Å². The van der Waals surface area contributed by atoms with Crippen molar-refractivity contribution in [2.24, 2.45) is 0 Å². The molecule has 6 heteroatoms. The van der Waals surface area contributed by atoms with Gasteiger partial charge < -0.3 is 14.2 Å². The molecule has 0 radical (unpaired) electrons. The van der Waals surface area contributed by atoms with Gasteiger partial charge >= 0.3 is 17.9 Å². The first kappa shape index (κ1) is 29.1. The Hall–Kier alpha value is -1.85. The van der Waals surface area contributed by atoms with Crippen LogP contribution in [0.1, 0.15) is 111 Å². The van der Waals surface area contributed by atoms with Gasteiger partial charge in [0, 0.05) is 6.42 Å². The lowest BCUT2D eigenvalue weighted by Crippen LogP contribution is -2.10. The molecule has 0 heterocycles. The second-order valence-corrected chi connectivity index (χ2v) is 7.82. The van der Waals surface area contributed by atoms with E-state index in [4.69, 9.17) is 14.2 Å². The minimum atomic E-state index is -0.349. The average Bonchev–Trinajstić information content (AvgIpc) is 2.75. The van der Waals surface area contributed by atoms with Gasteiger partial charge in [-0.3, -0.25) is 14.4 Å². The molecule has 0 aliphatic rings. The van der Waals surface area contributed by atoms with E-state index < -0.39 is 0 Å². The molecule has 31 heavy (non-hydrogen) atoms. The minimum Gasteiger partial charge on any atom is -0.466 e. The Morgan fingerprint density at radius 1 is 0.613 bits per heavy atom. The van der Waals surface area contributed by atoms with Gasteiger partial charge in [-0.1, -0.05) is 76.9 Å². The fourth-order valence-electron chi connectivity index (χ4n) is 3.06. The zero-order valence-corrected chi connectivity index (χ0v) is 20.0. The predicted molar refractivity (Wildman–Crippen MR) is 123 cm³/mol. The van der Waals surface area contributed by atoms with Crippen molar-refractivity contribution in [1.29, 1.82) is 0 Å². The minimum absolute atomic E-state index is 0.0812. The standard InChI is InChI=1S/C25H44O6/c1-4-7-9-11-12-14-19-30-24(27)18-16-22(15-17-23(26)29-6-3)21-25(28)31-20-13-10-8-5-2/h15H,4-14,16-21H2,1-3H3/b22-15+. The highest BCUT2D eigenvalue weighted by Crippen LogP contribution is 2.14. The Balaban J connectivity index is 4.34. The van der Waals surface area contributed by atoms with Gasteiger partial charge in [0.2, 0.25) is 0 Å². The first-order valence-corrected chi connectivity index (χ1v) is 12.2. The van der Waals surface area contributed by atoms with Crippen LogP contribution in [0.2, 0.25) is 0 Å². The third-order valence-electron chi connectivity index (χ3n) is 4.91. The van der Waals surface area contributed by atoms with Crippen LogP contribution in [-0.4, -0.2) is 37.7 Å². The molecule has 0 aromatic rings. The highest BCUT2D eigenvalue weighted by atomic mass is 16.5. The van der Waals surface area contributed by atoms with Crippen LogP contribution in [0.3, 0.4) is 0 Å². The van der Waals surface area contributed by atoms with Gasteiger partial charge in [-0.15, -0.1) is 0 Å². The van der Waals surface area contributed by atoms with Crippen molar-refractivity contribution < 1.29 is 28.6 Å². The summed E-state index contributed by atoms with van der Waals surface area (Å²) in [7, 11) is 0. The Kier molecular flexibility index (Phi) is 20.1. The molecule has 0 N–H and O–H groups in total. The number of hydrogen-bond donors (Lipinski definition) is 0. The SMILES string of the molecule is CCCCCCCCOC(=O)CC/C(=C\CC(=O)OCC)CC(=O)OCCCCCC. The number of ether oxygens (including phenoxy) is 3. The number of carbonyl (C=O) groups excluding carboxylic acids is 3. The zero-order chi connectivity index (χ0) is 23.2. The van der Waals surface area contributed by atoms with E-state index >= 15 is 0 Å². The molecule has 6 nitrogen and oxygen atoms in total. The number of esters is 3. The van der Waals surface area contributed by atoms with Crippen molar-refractivity contribution in [3.63, 3.8) is 0 Å². The molecule has 0 aromatic heterocycles. The number of hydrogen-bond acceptors (Lipinski definition) is 6. The van der Waals surface area contributed by atoms with E-state index in [2.05, 4.69) is 13.8 Å². The second-order valence-electron chi connectivity index (χ2n) is 7.82. The molecular formula is C25H44O6. The van der Waals surface area contributed by atoms with Gasteiger partial charge in [0.1, 0.15) is 0 Å². The Morgan fingerprint density at radius 3 is 1.77 bits per heavy atom. The molecule has 180 valence electrons. The maximum absolute atomic E-state index is 12.1. The van der Waals surface area contributed by atoms with Gasteiger partial charge in [-0.2, -0.15) is 0 Å². The topological polar surface area (TPSA) is 78.9 Å². The second kappa shape index (κ2) is 21.4. The first-order valence-electron chi connectivity index (χ1n) is 12.2. The van der Waals surface area contributed by atoms with Crippen LogP contribution in [0.4, 0.5) is 0 Å². The van der Waals surface area contributed by atoms with E-state index in [9.17, 15) is 14.4 Å². The summed E-state index contributed by atoms with van der Waals surface area (Å²) in [5.41, 5.74) is 0.711. The van der Waals surface area contributed by atoms with Crippen molar-refractivity contribution in [3.05, 3.63) is 11.6 Å². The third kappa shape index (κ3) is 19.8. The third-order valence-corrected chi connectivity index (χ3v) is 4.91. The molecule has 0 aromatic carbocycles. The Bertz CT molecular complexity index is 512. The highest BCUT2D eigenvalue weighted by Gasteiger charge is 2.12. The van der Waals surface area contributed by atoms with Crippen LogP contribution in [-0.2, 0) is 28.6 Å². The van der Waals surface area contributed by atoms with Crippen LogP contribution < -0.4 is 0 Å². The van der Waals surface area contributed by atoms with E-state index in [-0.39, 0.29) is 37.2 Å². The lowest BCUT2D eigenvalue weighted by atomic mass is 10.1. The molecule has 0 saturated heterocycles. The Labute approximate surface area is 189 Å². The van der Waals surface area contributed by atoms with Gasteiger partial charge in [0.15, 0.2) is 0 Å². The van der Waals surface area contributed by atoms with Gasteiger partial charge in [-0.25, -0.2) is 0 Å². The molecular weight excluding hydrogens is 396 g/mol. The van der Waals surface area contributed by atoms with E-state index in [0.29, 0.717) is 31.8 Å². The zero-order valence-electron chi connectivity index (χ0n) is 20.0. The monoisotopic (exact) mass is 440 g/mol. The number of carbonyl (C=O) groups is 3. The van der Waals surface area contributed by atoms with E-state index in [1.165, 1.54) is 25.7 Å². The maximum atomic E-state index is 12.1. The summed E-state index contributed by atoms with van der Waals surface area (Å²) in [5, 5.41) is 0. The average molecular weight is 441 g/mol. The van der Waals surface area contributed by atoms with Crippen molar-refractivity contribution in [3.8, 4) is 0 Å². The predicted octanol–water partition coefficient (Wildman–Crippen LogP) is 6.06. The van der Waals surface area contributed by atoms with E-state index in [1.54, 1.807) is 13.0 Å². The molecule has 0 atom stereocenters. The van der Waals surface area contributed by atoms with E-state index in [1.807, 2.05) is 0 Å². The van der Waals surface area contributed by atoms with Gasteiger partial charge in [-0.05, 0) is 26.2 Å². The summed E-state index contributed by atoms with van der Waals surface area (Å²) in [5.74, 6) is -0.950. The summed E-state index contributed by atoms with van der Waals surface area (Å²) in [4.78, 5) is 35.8. The maximum Gasteiger partial charge on any atom is 0.309 e. The summed E-state index contributed by atoms with van der Waals surface area (Å²) in [6, 6.07) is 0. The summed E-state index contributed by atoms with van der Waals surface area (Å²) in [6.07, 6.45) is 13.4. The largest absolute Gasteiger partial charge is 0.466 e. The fourth-order valence-corrected chi connectivity index (χ4v) is 3.06. The van der Waals surface area contributed by atoms with E-state index in [0.717, 1.165) is 38.5 Å². The number of rotatable bonds is 20. The Morgan fingerprint density at radius 2 is 1.16 bits per heavy atom. The molecule has 0 unspecified atom stereocenters. The molecule has 0 spiro atoms. The summed E-state index contributed by atoms with van der Waals surface area (Å²) in [6.45, 7) is 7.22. The van der Waals surface area contributed by atoms with Crippen LogP contribution >= 0.6 is 0 Å². The molecule has 0 saturated carbocycles. The highest BCUT2D eigenvalue weighted by molar-refractivity contribution is 5.75. The lowest BCUT2D eigenvalue weighted by molar-refractivity contribution is -0.145. The van der Waals surface area contributed by atoms with Crippen LogP contribution in [0.25, 0.3) is 0 Å². The van der Waals surface area contributed by atoms with Crippen molar-refractivity contribution in [2.45, 2.75) is 111 Å². The lowest BCUT2D eigenvalue weighted by Gasteiger charge is -2.09. The van der Waals surface area contributed by atoms with Gasteiger partial charge in [0.05, 0.1) is 32.7 Å². The number of unbranched alkanes of at least 4 members (excludes halogenated alkanes) is 8. The first-order chi connectivity index (χ1) is 15.0.